The highest BCUT2D eigenvalue weighted by Gasteiger charge is 2.27. The summed E-state index contributed by atoms with van der Waals surface area (Å²) in [4.78, 5) is 25.3. The van der Waals surface area contributed by atoms with Crippen molar-refractivity contribution in [1.29, 1.82) is 0 Å². The summed E-state index contributed by atoms with van der Waals surface area (Å²) in [6.45, 7) is 6.97. The summed E-state index contributed by atoms with van der Waals surface area (Å²) in [5.74, 6) is -0.172. The molecule has 3 aromatic rings. The molecule has 1 N–H and O–H groups in total. The Balaban J connectivity index is 1.56. The van der Waals surface area contributed by atoms with Gasteiger partial charge in [0.05, 0.1) is 18.6 Å². The summed E-state index contributed by atoms with van der Waals surface area (Å²) in [6, 6.07) is 22.8. The van der Waals surface area contributed by atoms with Crippen LogP contribution in [0.5, 0.6) is 0 Å². The first-order chi connectivity index (χ1) is 18.1. The number of carbonyl (C=O) groups excluding carboxylic acids is 2. The lowest BCUT2D eigenvalue weighted by Gasteiger charge is -2.33. The van der Waals surface area contributed by atoms with Crippen molar-refractivity contribution in [3.05, 3.63) is 101 Å². The van der Waals surface area contributed by atoms with Gasteiger partial charge in [-0.05, 0) is 83.5 Å². The second-order valence-corrected chi connectivity index (χ2v) is 11.2. The lowest BCUT2D eigenvalue weighted by atomic mass is 9.72. The Morgan fingerprint density at radius 1 is 0.974 bits per heavy atom. The molecule has 0 bridgehead atoms. The molecule has 38 heavy (non-hydrogen) atoms. The van der Waals surface area contributed by atoms with Gasteiger partial charge in [0.15, 0.2) is 0 Å². The zero-order valence-electron chi connectivity index (χ0n) is 22.8. The average molecular weight is 505 g/mol. The highest BCUT2D eigenvalue weighted by Crippen LogP contribution is 2.39. The minimum Gasteiger partial charge on any atom is -0.465 e. The molecule has 3 aromatic carbocycles. The fourth-order valence-corrected chi connectivity index (χ4v) is 5.10. The van der Waals surface area contributed by atoms with Gasteiger partial charge in [0, 0.05) is 5.69 Å². The van der Waals surface area contributed by atoms with Crippen molar-refractivity contribution < 1.29 is 14.3 Å². The number of rotatable bonds is 7. The SMILES string of the molecule is [B]c1ccc(NC(=O)C(Cc2ccc(C(=O)OC)cc2)c2ccc(C3=CCC(C(C)(C)C)CC3)cc2)cc1. The number of amides is 1. The van der Waals surface area contributed by atoms with E-state index in [-0.39, 0.29) is 11.9 Å². The van der Waals surface area contributed by atoms with Crippen molar-refractivity contribution in [1.82, 2.24) is 0 Å². The van der Waals surface area contributed by atoms with Gasteiger partial charge in [0.2, 0.25) is 5.91 Å². The fourth-order valence-electron chi connectivity index (χ4n) is 5.10. The van der Waals surface area contributed by atoms with Crippen LogP contribution >= 0.6 is 0 Å². The molecular weight excluding hydrogens is 469 g/mol. The van der Waals surface area contributed by atoms with Crippen LogP contribution in [-0.2, 0) is 16.0 Å². The zero-order chi connectivity index (χ0) is 27.3. The Kier molecular flexibility index (Phi) is 8.56. The van der Waals surface area contributed by atoms with E-state index in [0.717, 1.165) is 24.0 Å². The van der Waals surface area contributed by atoms with Crippen LogP contribution in [0.1, 0.15) is 73.0 Å². The number of hydrogen-bond donors (Lipinski definition) is 1. The smallest absolute Gasteiger partial charge is 0.337 e. The largest absolute Gasteiger partial charge is 0.465 e. The van der Waals surface area contributed by atoms with Gasteiger partial charge < -0.3 is 10.1 Å². The fraction of sp³-hybridized carbons (Fsp3) is 0.333. The summed E-state index contributed by atoms with van der Waals surface area (Å²) in [5.41, 5.74) is 6.67. The average Bonchev–Trinajstić information content (AvgIpc) is 2.92. The van der Waals surface area contributed by atoms with Gasteiger partial charge in [-0.1, -0.05) is 80.8 Å². The minimum absolute atomic E-state index is 0.0931. The van der Waals surface area contributed by atoms with E-state index in [1.54, 1.807) is 36.4 Å². The summed E-state index contributed by atoms with van der Waals surface area (Å²) in [6.07, 6.45) is 6.27. The monoisotopic (exact) mass is 505 g/mol. The third kappa shape index (κ3) is 6.83. The molecule has 0 spiro atoms. The lowest BCUT2D eigenvalue weighted by Crippen LogP contribution is -2.23. The van der Waals surface area contributed by atoms with Gasteiger partial charge in [-0.15, -0.1) is 0 Å². The van der Waals surface area contributed by atoms with Gasteiger partial charge in [-0.2, -0.15) is 0 Å². The predicted octanol–water partition coefficient (Wildman–Crippen LogP) is 6.46. The quantitative estimate of drug-likeness (QED) is 0.296. The summed E-state index contributed by atoms with van der Waals surface area (Å²) in [5, 5.41) is 3.04. The molecule has 1 amide bonds. The number of esters is 1. The maximum absolute atomic E-state index is 13.5. The van der Waals surface area contributed by atoms with Gasteiger partial charge in [0.25, 0.3) is 0 Å². The Morgan fingerprint density at radius 3 is 2.18 bits per heavy atom. The van der Waals surface area contributed by atoms with Crippen LogP contribution < -0.4 is 10.8 Å². The lowest BCUT2D eigenvalue weighted by molar-refractivity contribution is -0.117. The maximum atomic E-state index is 13.5. The van der Waals surface area contributed by atoms with Gasteiger partial charge in [-0.3, -0.25) is 4.79 Å². The minimum atomic E-state index is -0.406. The molecule has 1 aliphatic carbocycles. The summed E-state index contributed by atoms with van der Waals surface area (Å²) in [7, 11) is 7.17. The van der Waals surface area contributed by atoms with Crippen LogP contribution in [0.3, 0.4) is 0 Å². The number of allylic oxidation sites excluding steroid dienone is 2. The molecule has 1 aliphatic rings. The van der Waals surface area contributed by atoms with Gasteiger partial charge in [-0.25, -0.2) is 4.79 Å². The van der Waals surface area contributed by atoms with Crippen molar-refractivity contribution in [2.45, 2.75) is 52.4 Å². The van der Waals surface area contributed by atoms with Gasteiger partial charge in [0.1, 0.15) is 7.85 Å². The summed E-state index contributed by atoms with van der Waals surface area (Å²) >= 11 is 0. The van der Waals surface area contributed by atoms with Crippen LogP contribution in [0.25, 0.3) is 5.57 Å². The van der Waals surface area contributed by atoms with E-state index in [0.29, 0.717) is 34.5 Å². The Labute approximate surface area is 227 Å². The van der Waals surface area contributed by atoms with Crippen molar-refractivity contribution in [3.63, 3.8) is 0 Å². The van der Waals surface area contributed by atoms with E-state index in [2.05, 4.69) is 56.4 Å². The topological polar surface area (TPSA) is 55.4 Å². The highest BCUT2D eigenvalue weighted by atomic mass is 16.5. The van der Waals surface area contributed by atoms with Crippen molar-refractivity contribution in [2.24, 2.45) is 11.3 Å². The van der Waals surface area contributed by atoms with E-state index < -0.39 is 5.92 Å². The maximum Gasteiger partial charge on any atom is 0.337 e. The zero-order valence-corrected chi connectivity index (χ0v) is 22.8. The second kappa shape index (κ2) is 11.9. The number of carbonyl (C=O) groups is 2. The molecule has 2 radical (unpaired) electrons. The molecule has 4 rings (SSSR count). The number of ether oxygens (including phenoxy) is 1. The van der Waals surface area contributed by atoms with Crippen LogP contribution in [0, 0.1) is 11.3 Å². The number of hydrogen-bond acceptors (Lipinski definition) is 3. The van der Waals surface area contributed by atoms with Gasteiger partial charge >= 0.3 is 5.97 Å². The molecule has 2 atom stereocenters. The van der Waals surface area contributed by atoms with E-state index in [1.165, 1.54) is 24.7 Å². The first kappa shape index (κ1) is 27.4. The Morgan fingerprint density at radius 2 is 1.63 bits per heavy atom. The normalized spacial score (nSPS) is 16.3. The molecule has 0 fully saturated rings. The molecule has 0 aliphatic heterocycles. The van der Waals surface area contributed by atoms with Crippen molar-refractivity contribution in [2.75, 3.05) is 12.4 Å². The molecule has 2 unspecified atom stereocenters. The van der Waals surface area contributed by atoms with Crippen LogP contribution in [0.4, 0.5) is 5.69 Å². The van der Waals surface area contributed by atoms with Crippen LogP contribution in [-0.4, -0.2) is 26.8 Å². The predicted molar refractivity (Wildman–Crippen MR) is 156 cm³/mol. The Bertz CT molecular complexity index is 1290. The van der Waals surface area contributed by atoms with E-state index in [4.69, 9.17) is 12.6 Å². The molecule has 0 aromatic heterocycles. The molecule has 0 saturated heterocycles. The third-order valence-electron chi connectivity index (χ3n) is 7.63. The highest BCUT2D eigenvalue weighted by molar-refractivity contribution is 6.32. The molecule has 0 saturated carbocycles. The van der Waals surface area contributed by atoms with Crippen molar-refractivity contribution >= 4 is 36.4 Å². The van der Waals surface area contributed by atoms with E-state index >= 15 is 0 Å². The molecule has 0 heterocycles. The Hall–Kier alpha value is -3.60. The molecular formula is C33H36BNO3. The van der Waals surface area contributed by atoms with Crippen LogP contribution in [0.2, 0.25) is 0 Å². The van der Waals surface area contributed by atoms with Crippen molar-refractivity contribution in [3.8, 4) is 0 Å². The number of anilines is 1. The third-order valence-corrected chi connectivity index (χ3v) is 7.63. The number of methoxy groups -OCH3 is 1. The molecule has 194 valence electrons. The second-order valence-electron chi connectivity index (χ2n) is 11.2. The van der Waals surface area contributed by atoms with E-state index in [9.17, 15) is 9.59 Å². The van der Waals surface area contributed by atoms with Crippen LogP contribution in [0.15, 0.2) is 78.9 Å². The number of nitrogens with one attached hydrogen (secondary N) is 1. The first-order valence-electron chi connectivity index (χ1n) is 13.3. The summed E-state index contributed by atoms with van der Waals surface area (Å²) < 4.78 is 4.81. The number of benzene rings is 3. The first-order valence-corrected chi connectivity index (χ1v) is 13.3. The molecule has 4 nitrogen and oxygen atoms in total. The standard InChI is InChI=1S/C33H36BNO3/c1-33(2,3)27-15-13-24(14-16-27)23-9-11-25(12-10-23)30(31(36)35-29-19-17-28(34)18-20-29)21-22-5-7-26(8-6-22)32(37)38-4/h5-13,17-20,27,30H,14-16,21H2,1-4H3,(H,35,36). The van der Waals surface area contributed by atoms with E-state index in [1.807, 2.05) is 12.1 Å². The molecule has 5 heteroatoms.